The molecule has 2 rings (SSSR count). The fourth-order valence-corrected chi connectivity index (χ4v) is 3.15. The molecule has 0 amide bonds. The van der Waals surface area contributed by atoms with Gasteiger partial charge < -0.3 is 9.64 Å². The van der Waals surface area contributed by atoms with E-state index in [1.165, 1.54) is 0 Å². The number of nitrogens with zero attached hydrogens (tertiary/aromatic N) is 1. The van der Waals surface area contributed by atoms with Crippen LogP contribution in [-0.4, -0.2) is 37.4 Å². The molecular weight excluding hydrogens is 334 g/mol. The van der Waals surface area contributed by atoms with E-state index >= 15 is 0 Å². The molecule has 0 spiro atoms. The maximum Gasteiger partial charge on any atom is 0.251 e. The van der Waals surface area contributed by atoms with Gasteiger partial charge >= 0.3 is 0 Å². The number of anilines is 1. The SMILES string of the molecule is CCOC(=N)C(CCCCl)c1ccc(N2CCC(F)(F)CC2)cc1. The minimum absolute atomic E-state index is 0.0952. The standard InChI is InChI=1S/C18H25ClF2N2O/c1-2-24-17(22)16(4-3-11-19)14-5-7-15(8-6-14)23-12-9-18(20,21)10-13-23/h5-8,16,22H,2-4,9-13H2,1H3. The number of hydrogen-bond donors (Lipinski definition) is 1. The molecule has 0 saturated carbocycles. The van der Waals surface area contributed by atoms with Crippen LogP contribution < -0.4 is 4.90 Å². The first kappa shape index (κ1) is 19.0. The topological polar surface area (TPSA) is 36.3 Å². The molecule has 1 heterocycles. The Hall–Kier alpha value is -1.36. The first-order valence-electron chi connectivity index (χ1n) is 8.47. The second-order valence-electron chi connectivity index (χ2n) is 6.12. The van der Waals surface area contributed by atoms with Gasteiger partial charge in [0.1, 0.15) is 0 Å². The van der Waals surface area contributed by atoms with Crippen molar-refractivity contribution in [3.8, 4) is 0 Å². The van der Waals surface area contributed by atoms with Gasteiger partial charge in [0.05, 0.1) is 12.5 Å². The quantitative estimate of drug-likeness (QED) is 0.421. The summed E-state index contributed by atoms with van der Waals surface area (Å²) in [6, 6.07) is 7.83. The summed E-state index contributed by atoms with van der Waals surface area (Å²) in [7, 11) is 0. The van der Waals surface area contributed by atoms with E-state index in [4.69, 9.17) is 21.7 Å². The summed E-state index contributed by atoms with van der Waals surface area (Å²) in [6.07, 6.45) is 1.38. The molecule has 1 aliphatic rings. The van der Waals surface area contributed by atoms with Crippen LogP contribution in [0.4, 0.5) is 14.5 Å². The van der Waals surface area contributed by atoms with E-state index in [2.05, 4.69) is 0 Å². The molecule has 134 valence electrons. The fraction of sp³-hybridized carbons (Fsp3) is 0.611. The van der Waals surface area contributed by atoms with Crippen molar-refractivity contribution in [1.82, 2.24) is 0 Å². The third-order valence-electron chi connectivity index (χ3n) is 4.40. The Kier molecular flexibility index (Phi) is 6.84. The van der Waals surface area contributed by atoms with Crippen LogP contribution in [0, 0.1) is 5.41 Å². The number of alkyl halides is 3. The molecule has 0 aliphatic carbocycles. The van der Waals surface area contributed by atoms with Crippen LogP contribution in [0.2, 0.25) is 0 Å². The predicted molar refractivity (Wildman–Crippen MR) is 94.9 cm³/mol. The normalized spacial score (nSPS) is 18.2. The van der Waals surface area contributed by atoms with Crippen LogP contribution in [-0.2, 0) is 4.74 Å². The number of rotatable bonds is 7. The molecule has 6 heteroatoms. The Morgan fingerprint density at radius 2 is 1.92 bits per heavy atom. The van der Waals surface area contributed by atoms with Gasteiger partial charge in [0.2, 0.25) is 0 Å². The molecule has 1 unspecified atom stereocenters. The molecule has 3 nitrogen and oxygen atoms in total. The van der Waals surface area contributed by atoms with E-state index in [0.29, 0.717) is 25.6 Å². The molecular formula is C18H25ClF2N2O. The van der Waals surface area contributed by atoms with E-state index in [1.54, 1.807) is 0 Å². The van der Waals surface area contributed by atoms with Crippen molar-refractivity contribution in [2.45, 2.75) is 44.4 Å². The Morgan fingerprint density at radius 1 is 1.29 bits per heavy atom. The first-order valence-corrected chi connectivity index (χ1v) is 9.00. The van der Waals surface area contributed by atoms with Gasteiger partial charge in [0.15, 0.2) is 5.90 Å². The van der Waals surface area contributed by atoms with Gasteiger partial charge in [-0.1, -0.05) is 12.1 Å². The summed E-state index contributed by atoms with van der Waals surface area (Å²) >= 11 is 5.79. The highest BCUT2D eigenvalue weighted by atomic mass is 35.5. The van der Waals surface area contributed by atoms with Gasteiger partial charge in [-0.25, -0.2) is 8.78 Å². The van der Waals surface area contributed by atoms with Crippen LogP contribution >= 0.6 is 11.6 Å². The number of halogens is 3. The molecule has 24 heavy (non-hydrogen) atoms. The second-order valence-corrected chi connectivity index (χ2v) is 6.49. The summed E-state index contributed by atoms with van der Waals surface area (Å²) < 4.78 is 31.9. The van der Waals surface area contributed by atoms with Crippen molar-refractivity contribution in [1.29, 1.82) is 5.41 Å². The lowest BCUT2D eigenvalue weighted by molar-refractivity contribution is -0.0220. The molecule has 1 saturated heterocycles. The highest BCUT2D eigenvalue weighted by Crippen LogP contribution is 2.31. The molecule has 1 atom stereocenters. The zero-order chi connectivity index (χ0) is 17.6. The summed E-state index contributed by atoms with van der Waals surface area (Å²) in [5, 5.41) is 8.10. The van der Waals surface area contributed by atoms with Crippen LogP contribution in [0.5, 0.6) is 0 Å². The Morgan fingerprint density at radius 3 is 2.46 bits per heavy atom. The first-order chi connectivity index (χ1) is 11.5. The zero-order valence-electron chi connectivity index (χ0n) is 14.0. The zero-order valence-corrected chi connectivity index (χ0v) is 14.8. The van der Waals surface area contributed by atoms with E-state index in [-0.39, 0.29) is 24.7 Å². The van der Waals surface area contributed by atoms with Crippen molar-refractivity contribution in [3.63, 3.8) is 0 Å². The summed E-state index contributed by atoms with van der Waals surface area (Å²) in [6.45, 7) is 3.08. The minimum Gasteiger partial charge on any atom is -0.481 e. The summed E-state index contributed by atoms with van der Waals surface area (Å²) in [4.78, 5) is 1.99. The van der Waals surface area contributed by atoms with Gasteiger partial charge in [0, 0.05) is 37.5 Å². The van der Waals surface area contributed by atoms with Crippen molar-refractivity contribution < 1.29 is 13.5 Å². The molecule has 0 radical (unpaired) electrons. The van der Waals surface area contributed by atoms with Crippen LogP contribution in [0.25, 0.3) is 0 Å². The lowest BCUT2D eigenvalue weighted by Gasteiger charge is -2.33. The third-order valence-corrected chi connectivity index (χ3v) is 4.67. The van der Waals surface area contributed by atoms with Gasteiger partial charge in [-0.3, -0.25) is 5.41 Å². The highest BCUT2D eigenvalue weighted by Gasteiger charge is 2.34. The predicted octanol–water partition coefficient (Wildman–Crippen LogP) is 5.04. The summed E-state index contributed by atoms with van der Waals surface area (Å²) in [5.74, 6) is -1.83. The number of nitrogens with one attached hydrogen (secondary N) is 1. The van der Waals surface area contributed by atoms with Crippen molar-refractivity contribution in [2.75, 3.05) is 30.5 Å². The van der Waals surface area contributed by atoms with Crippen molar-refractivity contribution in [2.24, 2.45) is 0 Å². The monoisotopic (exact) mass is 358 g/mol. The lowest BCUT2D eigenvalue weighted by Crippen LogP contribution is -2.39. The van der Waals surface area contributed by atoms with Crippen LogP contribution in [0.15, 0.2) is 24.3 Å². The Labute approximate surface area is 147 Å². The van der Waals surface area contributed by atoms with Crippen molar-refractivity contribution >= 4 is 23.2 Å². The van der Waals surface area contributed by atoms with Gasteiger partial charge in [-0.15, -0.1) is 11.6 Å². The number of ether oxygens (including phenoxy) is 1. The van der Waals surface area contributed by atoms with E-state index in [9.17, 15) is 8.78 Å². The number of hydrogen-bond acceptors (Lipinski definition) is 3. The Bertz CT molecular complexity index is 526. The average Bonchev–Trinajstić information content (AvgIpc) is 2.56. The fourth-order valence-electron chi connectivity index (χ4n) is 3.00. The van der Waals surface area contributed by atoms with E-state index < -0.39 is 5.92 Å². The van der Waals surface area contributed by atoms with Crippen LogP contribution in [0.1, 0.15) is 44.1 Å². The molecule has 1 N–H and O–H groups in total. The molecule has 0 bridgehead atoms. The number of piperidine rings is 1. The van der Waals surface area contributed by atoms with E-state index in [1.807, 2.05) is 36.1 Å². The molecule has 0 aromatic heterocycles. The van der Waals surface area contributed by atoms with Gasteiger partial charge in [-0.2, -0.15) is 0 Å². The highest BCUT2D eigenvalue weighted by molar-refractivity contribution is 6.17. The maximum atomic E-state index is 13.3. The third kappa shape index (κ3) is 5.07. The lowest BCUT2D eigenvalue weighted by atomic mass is 9.93. The minimum atomic E-state index is -2.53. The summed E-state index contributed by atoms with van der Waals surface area (Å²) in [5.41, 5.74) is 1.96. The second kappa shape index (κ2) is 8.65. The number of benzene rings is 1. The maximum absolute atomic E-state index is 13.3. The smallest absolute Gasteiger partial charge is 0.251 e. The van der Waals surface area contributed by atoms with Gasteiger partial charge in [-0.05, 0) is 37.5 Å². The van der Waals surface area contributed by atoms with Crippen molar-refractivity contribution in [3.05, 3.63) is 29.8 Å². The van der Waals surface area contributed by atoms with Crippen LogP contribution in [0.3, 0.4) is 0 Å². The molecule has 1 fully saturated rings. The molecule has 1 aromatic carbocycles. The average molecular weight is 359 g/mol. The largest absolute Gasteiger partial charge is 0.481 e. The van der Waals surface area contributed by atoms with Gasteiger partial charge in [0.25, 0.3) is 5.92 Å². The van der Waals surface area contributed by atoms with E-state index in [0.717, 1.165) is 24.1 Å². The Balaban J connectivity index is 2.06. The molecule has 1 aliphatic heterocycles. The molecule has 1 aromatic rings.